The molecule has 0 aromatic heterocycles. The summed E-state index contributed by atoms with van der Waals surface area (Å²) < 4.78 is 0.193. The summed E-state index contributed by atoms with van der Waals surface area (Å²) in [6, 6.07) is 10.4. The van der Waals surface area contributed by atoms with Crippen molar-refractivity contribution in [2.24, 2.45) is 0 Å². The van der Waals surface area contributed by atoms with Gasteiger partial charge in [-0.05, 0) is 31.9 Å². The normalized spacial score (nSPS) is 13.9. The average molecular weight is 224 g/mol. The fourth-order valence-corrected chi connectivity index (χ4v) is 2.57. The van der Waals surface area contributed by atoms with Crippen LogP contribution in [0.4, 0.5) is 0 Å². The molecular weight excluding hydrogens is 204 g/mol. The zero-order chi connectivity index (χ0) is 11.3. The molecule has 0 heterocycles. The summed E-state index contributed by atoms with van der Waals surface area (Å²) in [5, 5.41) is 9.27. The van der Waals surface area contributed by atoms with Gasteiger partial charge in [0, 0.05) is 9.64 Å². The van der Waals surface area contributed by atoms with Gasteiger partial charge in [0.2, 0.25) is 0 Å². The molecular formula is C13H20OS. The highest BCUT2D eigenvalue weighted by atomic mass is 32.2. The van der Waals surface area contributed by atoms with E-state index in [0.29, 0.717) is 0 Å². The van der Waals surface area contributed by atoms with Gasteiger partial charge in [-0.25, -0.2) is 0 Å². The predicted molar refractivity (Wildman–Crippen MR) is 67.3 cm³/mol. The Morgan fingerprint density at radius 3 is 2.40 bits per heavy atom. The Morgan fingerprint density at radius 2 is 1.87 bits per heavy atom. The highest BCUT2D eigenvalue weighted by Crippen LogP contribution is 2.35. The summed E-state index contributed by atoms with van der Waals surface area (Å²) in [5.74, 6) is 0. The van der Waals surface area contributed by atoms with Crippen LogP contribution in [0.25, 0.3) is 0 Å². The first-order valence-corrected chi connectivity index (χ1v) is 6.23. The summed E-state index contributed by atoms with van der Waals surface area (Å²) in [7, 11) is 0. The van der Waals surface area contributed by atoms with Crippen LogP contribution in [0.1, 0.15) is 33.6 Å². The molecule has 0 radical (unpaired) electrons. The molecule has 0 fully saturated rings. The summed E-state index contributed by atoms with van der Waals surface area (Å²) in [5.41, 5.74) is 0. The van der Waals surface area contributed by atoms with Gasteiger partial charge in [-0.2, -0.15) is 0 Å². The third-order valence-corrected chi connectivity index (χ3v) is 3.57. The molecule has 1 N–H and O–H groups in total. The van der Waals surface area contributed by atoms with Crippen molar-refractivity contribution in [3.8, 4) is 0 Å². The zero-order valence-corrected chi connectivity index (χ0v) is 10.6. The van der Waals surface area contributed by atoms with E-state index in [1.165, 1.54) is 4.90 Å². The van der Waals surface area contributed by atoms with Crippen LogP contribution in [0.2, 0.25) is 0 Å². The molecule has 84 valence electrons. The van der Waals surface area contributed by atoms with E-state index >= 15 is 0 Å². The Balaban J connectivity index is 2.49. The molecule has 0 spiro atoms. The van der Waals surface area contributed by atoms with Crippen molar-refractivity contribution < 1.29 is 5.11 Å². The first-order valence-electron chi connectivity index (χ1n) is 5.42. The third kappa shape index (κ3) is 5.24. The first kappa shape index (κ1) is 12.6. The van der Waals surface area contributed by atoms with Gasteiger partial charge >= 0.3 is 0 Å². The number of rotatable bonds is 5. The maximum Gasteiger partial charge on any atom is 0.0512 e. The lowest BCUT2D eigenvalue weighted by Gasteiger charge is -2.24. The van der Waals surface area contributed by atoms with E-state index in [0.717, 1.165) is 12.8 Å². The smallest absolute Gasteiger partial charge is 0.0512 e. The highest BCUT2D eigenvalue weighted by Gasteiger charge is 2.19. The van der Waals surface area contributed by atoms with Crippen molar-refractivity contribution in [2.75, 3.05) is 0 Å². The topological polar surface area (TPSA) is 20.2 Å². The van der Waals surface area contributed by atoms with Crippen molar-refractivity contribution >= 4 is 11.8 Å². The molecule has 1 atom stereocenters. The van der Waals surface area contributed by atoms with Crippen molar-refractivity contribution in [3.63, 3.8) is 0 Å². The van der Waals surface area contributed by atoms with E-state index in [9.17, 15) is 5.11 Å². The molecule has 1 rings (SSSR count). The number of benzene rings is 1. The minimum Gasteiger partial charge on any atom is -0.393 e. The Morgan fingerprint density at radius 1 is 1.27 bits per heavy atom. The summed E-state index contributed by atoms with van der Waals surface area (Å²) in [6.07, 6.45) is 1.71. The molecule has 15 heavy (non-hydrogen) atoms. The van der Waals surface area contributed by atoms with Crippen molar-refractivity contribution in [1.82, 2.24) is 0 Å². The van der Waals surface area contributed by atoms with Crippen LogP contribution in [-0.4, -0.2) is 16.0 Å². The van der Waals surface area contributed by atoms with Gasteiger partial charge in [0.05, 0.1) is 6.10 Å². The fraction of sp³-hybridized carbons (Fsp3) is 0.538. The zero-order valence-electron chi connectivity index (χ0n) is 9.73. The quantitative estimate of drug-likeness (QED) is 0.769. The molecule has 0 amide bonds. The van der Waals surface area contributed by atoms with Crippen LogP contribution >= 0.6 is 11.8 Å². The SMILES string of the molecule is C[C@H](O)CCC(C)(C)Sc1ccccc1. The monoisotopic (exact) mass is 224 g/mol. The molecule has 0 bridgehead atoms. The minimum absolute atomic E-state index is 0.193. The lowest BCUT2D eigenvalue weighted by molar-refractivity contribution is 0.178. The summed E-state index contributed by atoms with van der Waals surface area (Å²) in [4.78, 5) is 1.30. The van der Waals surface area contributed by atoms with Crippen LogP contribution < -0.4 is 0 Å². The van der Waals surface area contributed by atoms with Gasteiger partial charge in [0.15, 0.2) is 0 Å². The van der Waals surface area contributed by atoms with Crippen LogP contribution in [0, 0.1) is 0 Å². The molecule has 1 nitrogen and oxygen atoms in total. The second-order valence-electron chi connectivity index (χ2n) is 4.56. The first-order chi connectivity index (χ1) is 6.99. The molecule has 0 aliphatic heterocycles. The van der Waals surface area contributed by atoms with Gasteiger partial charge in [-0.15, -0.1) is 11.8 Å². The number of hydrogen-bond donors (Lipinski definition) is 1. The molecule has 2 heteroatoms. The van der Waals surface area contributed by atoms with Crippen LogP contribution in [0.5, 0.6) is 0 Å². The second-order valence-corrected chi connectivity index (χ2v) is 6.34. The second kappa shape index (κ2) is 5.57. The van der Waals surface area contributed by atoms with Gasteiger partial charge in [-0.3, -0.25) is 0 Å². The molecule has 0 saturated carbocycles. The van der Waals surface area contributed by atoms with Crippen molar-refractivity contribution in [1.29, 1.82) is 0 Å². The Labute approximate surface area is 96.9 Å². The molecule has 0 aliphatic rings. The van der Waals surface area contributed by atoms with Crippen LogP contribution in [-0.2, 0) is 0 Å². The predicted octanol–water partition coefficient (Wildman–Crippen LogP) is 3.72. The highest BCUT2D eigenvalue weighted by molar-refractivity contribution is 8.00. The Hall–Kier alpha value is -0.470. The number of thioether (sulfide) groups is 1. The number of hydrogen-bond acceptors (Lipinski definition) is 2. The van der Waals surface area contributed by atoms with E-state index in [1.807, 2.05) is 24.8 Å². The molecule has 0 unspecified atom stereocenters. The minimum atomic E-state index is -0.194. The van der Waals surface area contributed by atoms with Crippen molar-refractivity contribution in [2.45, 2.75) is 49.4 Å². The van der Waals surface area contributed by atoms with Gasteiger partial charge < -0.3 is 5.11 Å². The van der Waals surface area contributed by atoms with E-state index < -0.39 is 0 Å². The molecule has 0 aliphatic carbocycles. The van der Waals surface area contributed by atoms with E-state index in [-0.39, 0.29) is 10.9 Å². The van der Waals surface area contributed by atoms with E-state index in [4.69, 9.17) is 0 Å². The lowest BCUT2D eigenvalue weighted by atomic mass is 10.0. The fourth-order valence-electron chi connectivity index (χ4n) is 1.42. The van der Waals surface area contributed by atoms with Gasteiger partial charge in [-0.1, -0.05) is 32.0 Å². The lowest BCUT2D eigenvalue weighted by Crippen LogP contribution is -2.17. The van der Waals surface area contributed by atoms with Crippen molar-refractivity contribution in [3.05, 3.63) is 30.3 Å². The standard InChI is InChI=1S/C13H20OS/c1-11(14)9-10-13(2,3)15-12-7-5-4-6-8-12/h4-8,11,14H,9-10H2,1-3H3/t11-/m0/s1. The average Bonchev–Trinajstić information content (AvgIpc) is 2.16. The van der Waals surface area contributed by atoms with E-state index in [1.54, 1.807) is 0 Å². The number of aliphatic hydroxyl groups excluding tert-OH is 1. The number of aliphatic hydroxyl groups is 1. The van der Waals surface area contributed by atoms with Crippen LogP contribution in [0.15, 0.2) is 35.2 Å². The maximum atomic E-state index is 9.27. The molecule has 1 aromatic rings. The van der Waals surface area contributed by atoms with Gasteiger partial charge in [0.25, 0.3) is 0 Å². The Kier molecular flexibility index (Phi) is 4.68. The maximum absolute atomic E-state index is 9.27. The molecule has 0 saturated heterocycles. The van der Waals surface area contributed by atoms with E-state index in [2.05, 4.69) is 38.1 Å². The molecule has 1 aromatic carbocycles. The van der Waals surface area contributed by atoms with Crippen LogP contribution in [0.3, 0.4) is 0 Å². The summed E-state index contributed by atoms with van der Waals surface area (Å²) >= 11 is 1.88. The Bertz CT molecular complexity index is 280. The largest absolute Gasteiger partial charge is 0.393 e. The summed E-state index contributed by atoms with van der Waals surface area (Å²) in [6.45, 7) is 6.31. The third-order valence-electron chi connectivity index (χ3n) is 2.30. The van der Waals surface area contributed by atoms with Gasteiger partial charge in [0.1, 0.15) is 0 Å².